The van der Waals surface area contributed by atoms with Gasteiger partial charge in [0.2, 0.25) is 0 Å². The van der Waals surface area contributed by atoms with Gasteiger partial charge in [-0.05, 0) is 62.6 Å². The molecule has 1 aliphatic heterocycles. The van der Waals surface area contributed by atoms with E-state index in [4.69, 9.17) is 0 Å². The molecule has 0 bridgehead atoms. The first-order valence-corrected chi connectivity index (χ1v) is 8.86. The highest BCUT2D eigenvalue weighted by Gasteiger charge is 2.30. The van der Waals surface area contributed by atoms with E-state index in [-0.39, 0.29) is 0 Å². The molecule has 0 radical (unpaired) electrons. The van der Waals surface area contributed by atoms with E-state index in [1.807, 2.05) is 0 Å². The summed E-state index contributed by atoms with van der Waals surface area (Å²) in [5.74, 6) is 0.788. The van der Waals surface area contributed by atoms with Crippen molar-refractivity contribution >= 4 is 5.69 Å². The predicted octanol–water partition coefficient (Wildman–Crippen LogP) is 4.00. The SMILES string of the molecule is CCCNC1CCC(N2CC(C)Cc3ccccc32)CC1. The van der Waals surface area contributed by atoms with Crippen molar-refractivity contribution < 1.29 is 0 Å². The number of benzene rings is 1. The van der Waals surface area contributed by atoms with Gasteiger partial charge in [0.05, 0.1) is 0 Å². The highest BCUT2D eigenvalue weighted by atomic mass is 15.2. The maximum Gasteiger partial charge on any atom is 0.0401 e. The Hall–Kier alpha value is -1.02. The van der Waals surface area contributed by atoms with Crippen molar-refractivity contribution in [3.63, 3.8) is 0 Å². The van der Waals surface area contributed by atoms with Gasteiger partial charge in [-0.2, -0.15) is 0 Å². The molecular formula is C19H30N2. The van der Waals surface area contributed by atoms with Crippen LogP contribution in [0.15, 0.2) is 24.3 Å². The molecule has 2 nitrogen and oxygen atoms in total. The fourth-order valence-corrected chi connectivity index (χ4v) is 4.12. The zero-order valence-electron chi connectivity index (χ0n) is 13.6. The van der Waals surface area contributed by atoms with Crippen LogP contribution in [0.2, 0.25) is 0 Å². The second kappa shape index (κ2) is 6.83. The van der Waals surface area contributed by atoms with Gasteiger partial charge >= 0.3 is 0 Å². The zero-order chi connectivity index (χ0) is 14.7. The van der Waals surface area contributed by atoms with Crippen LogP contribution in [0.5, 0.6) is 0 Å². The van der Waals surface area contributed by atoms with Gasteiger partial charge in [-0.15, -0.1) is 0 Å². The van der Waals surface area contributed by atoms with Crippen LogP contribution in [0.25, 0.3) is 0 Å². The fourth-order valence-electron chi connectivity index (χ4n) is 4.12. The lowest BCUT2D eigenvalue weighted by atomic mass is 9.86. The molecule has 1 saturated carbocycles. The normalized spacial score (nSPS) is 29.2. The van der Waals surface area contributed by atoms with Crippen LogP contribution < -0.4 is 10.2 Å². The Morgan fingerprint density at radius 3 is 2.67 bits per heavy atom. The predicted molar refractivity (Wildman–Crippen MR) is 91.0 cm³/mol. The first-order chi connectivity index (χ1) is 10.3. The van der Waals surface area contributed by atoms with Crippen LogP contribution in [-0.2, 0) is 6.42 Å². The van der Waals surface area contributed by atoms with Gasteiger partial charge in [0.25, 0.3) is 0 Å². The van der Waals surface area contributed by atoms with Crippen molar-refractivity contribution in [2.24, 2.45) is 5.92 Å². The van der Waals surface area contributed by atoms with Gasteiger partial charge < -0.3 is 10.2 Å². The minimum atomic E-state index is 0.758. The maximum atomic E-state index is 3.70. The Morgan fingerprint density at radius 1 is 1.14 bits per heavy atom. The molecule has 1 unspecified atom stereocenters. The van der Waals surface area contributed by atoms with Crippen molar-refractivity contribution in [1.29, 1.82) is 0 Å². The Balaban J connectivity index is 1.65. The van der Waals surface area contributed by atoms with Crippen molar-refractivity contribution in [2.75, 3.05) is 18.0 Å². The van der Waals surface area contributed by atoms with Crippen LogP contribution in [0, 0.1) is 5.92 Å². The standard InChI is InChI=1S/C19H30N2/c1-3-12-20-17-8-10-18(11-9-17)21-14-15(2)13-16-6-4-5-7-19(16)21/h4-7,15,17-18,20H,3,8-14H2,1-2H3. The van der Waals surface area contributed by atoms with E-state index in [1.54, 1.807) is 5.56 Å². The van der Waals surface area contributed by atoms with E-state index < -0.39 is 0 Å². The second-order valence-corrected chi connectivity index (χ2v) is 7.05. The van der Waals surface area contributed by atoms with Crippen LogP contribution in [0.4, 0.5) is 5.69 Å². The summed E-state index contributed by atoms with van der Waals surface area (Å²) >= 11 is 0. The monoisotopic (exact) mass is 286 g/mol. The molecule has 2 heteroatoms. The first kappa shape index (κ1) is 14.9. The molecule has 3 rings (SSSR count). The minimum Gasteiger partial charge on any atom is -0.368 e. The molecule has 21 heavy (non-hydrogen) atoms. The highest BCUT2D eigenvalue weighted by Crippen LogP contribution is 2.35. The summed E-state index contributed by atoms with van der Waals surface area (Å²) in [5, 5.41) is 3.70. The molecule has 116 valence electrons. The molecule has 1 aromatic carbocycles. The van der Waals surface area contributed by atoms with Crippen LogP contribution in [-0.4, -0.2) is 25.2 Å². The van der Waals surface area contributed by atoms with E-state index in [0.29, 0.717) is 0 Å². The average Bonchev–Trinajstić information content (AvgIpc) is 2.52. The third-order valence-electron chi connectivity index (χ3n) is 5.20. The summed E-state index contributed by atoms with van der Waals surface area (Å²) in [6, 6.07) is 10.6. The summed E-state index contributed by atoms with van der Waals surface area (Å²) in [6.45, 7) is 7.08. The Labute approximate surface area is 129 Å². The number of hydrogen-bond acceptors (Lipinski definition) is 2. The molecule has 0 spiro atoms. The van der Waals surface area contributed by atoms with E-state index in [1.165, 1.54) is 57.3 Å². The number of hydrogen-bond donors (Lipinski definition) is 1. The molecule has 0 amide bonds. The number of nitrogens with one attached hydrogen (secondary N) is 1. The average molecular weight is 286 g/mol. The smallest absolute Gasteiger partial charge is 0.0401 e. The molecule has 0 saturated heterocycles. The second-order valence-electron chi connectivity index (χ2n) is 7.05. The molecule has 1 fully saturated rings. The third kappa shape index (κ3) is 3.42. The summed E-state index contributed by atoms with van der Waals surface area (Å²) in [7, 11) is 0. The minimum absolute atomic E-state index is 0.758. The Bertz CT molecular complexity index is 449. The summed E-state index contributed by atoms with van der Waals surface area (Å²) in [4.78, 5) is 2.72. The van der Waals surface area contributed by atoms with Crippen LogP contribution >= 0.6 is 0 Å². The largest absolute Gasteiger partial charge is 0.368 e. The summed E-state index contributed by atoms with van der Waals surface area (Å²) < 4.78 is 0. The lowest BCUT2D eigenvalue weighted by molar-refractivity contribution is 0.321. The molecule has 0 aromatic heterocycles. The Kier molecular flexibility index (Phi) is 4.84. The zero-order valence-corrected chi connectivity index (χ0v) is 13.6. The molecule has 1 aliphatic carbocycles. The fraction of sp³-hybridized carbons (Fsp3) is 0.684. The van der Waals surface area contributed by atoms with Crippen molar-refractivity contribution in [1.82, 2.24) is 5.32 Å². The molecule has 1 heterocycles. The van der Waals surface area contributed by atoms with Crippen LogP contribution in [0.3, 0.4) is 0 Å². The molecule has 1 atom stereocenters. The Morgan fingerprint density at radius 2 is 1.90 bits per heavy atom. The topological polar surface area (TPSA) is 15.3 Å². The van der Waals surface area contributed by atoms with Gasteiger partial charge in [-0.3, -0.25) is 0 Å². The quantitative estimate of drug-likeness (QED) is 0.900. The third-order valence-corrected chi connectivity index (χ3v) is 5.20. The maximum absolute atomic E-state index is 3.70. The number of anilines is 1. The van der Waals surface area contributed by atoms with E-state index in [2.05, 4.69) is 48.3 Å². The van der Waals surface area contributed by atoms with Gasteiger partial charge in [0.1, 0.15) is 0 Å². The number of para-hydroxylation sites is 1. The summed E-state index contributed by atoms with van der Waals surface area (Å²) in [5.41, 5.74) is 3.07. The number of rotatable bonds is 4. The lowest BCUT2D eigenvalue weighted by Crippen LogP contribution is -2.46. The van der Waals surface area contributed by atoms with Crippen molar-refractivity contribution in [2.45, 2.75) is 64.5 Å². The van der Waals surface area contributed by atoms with Gasteiger partial charge in [-0.1, -0.05) is 32.0 Å². The molecule has 2 aliphatic rings. The molecular weight excluding hydrogens is 256 g/mol. The van der Waals surface area contributed by atoms with Gasteiger partial charge in [0.15, 0.2) is 0 Å². The van der Waals surface area contributed by atoms with E-state index in [0.717, 1.165) is 18.0 Å². The summed E-state index contributed by atoms with van der Waals surface area (Å²) in [6.07, 6.45) is 7.89. The lowest BCUT2D eigenvalue weighted by Gasteiger charge is -2.43. The van der Waals surface area contributed by atoms with Crippen molar-refractivity contribution in [3.8, 4) is 0 Å². The van der Waals surface area contributed by atoms with Gasteiger partial charge in [-0.25, -0.2) is 0 Å². The first-order valence-electron chi connectivity index (χ1n) is 8.86. The van der Waals surface area contributed by atoms with Crippen LogP contribution in [0.1, 0.15) is 51.5 Å². The number of nitrogens with zero attached hydrogens (tertiary/aromatic N) is 1. The van der Waals surface area contributed by atoms with E-state index >= 15 is 0 Å². The highest BCUT2D eigenvalue weighted by molar-refractivity contribution is 5.56. The van der Waals surface area contributed by atoms with Gasteiger partial charge in [0, 0.05) is 24.3 Å². The number of fused-ring (bicyclic) bond motifs is 1. The van der Waals surface area contributed by atoms with E-state index in [9.17, 15) is 0 Å². The van der Waals surface area contributed by atoms with Crippen molar-refractivity contribution in [3.05, 3.63) is 29.8 Å². The molecule has 1 aromatic rings. The molecule has 1 N–H and O–H groups in total.